The summed E-state index contributed by atoms with van der Waals surface area (Å²) in [7, 11) is 0. The molecule has 0 atom stereocenters. The highest BCUT2D eigenvalue weighted by molar-refractivity contribution is 6.49. The second-order valence-corrected chi connectivity index (χ2v) is 13.2. The van der Waals surface area contributed by atoms with E-state index in [0.717, 1.165) is 11.5 Å². The van der Waals surface area contributed by atoms with Crippen LogP contribution in [0.4, 0.5) is 0 Å². The molecule has 0 unspecified atom stereocenters. The van der Waals surface area contributed by atoms with Gasteiger partial charge in [0.1, 0.15) is 0 Å². The Morgan fingerprint density at radius 2 is 0.864 bits per heavy atom. The minimum absolute atomic E-state index is 0.243. The highest BCUT2D eigenvalue weighted by Gasteiger charge is 2.11. The average Bonchev–Trinajstić information content (AvgIpc) is 2.07. The minimum Gasteiger partial charge on any atom is -0.646 e. The molecule has 22 heavy (non-hydrogen) atoms. The molecule has 0 radical (unpaired) electrons. The summed E-state index contributed by atoms with van der Waals surface area (Å²) < 4.78 is 11.3. The van der Waals surface area contributed by atoms with Crippen LogP contribution in [0.1, 0.15) is 55.4 Å². The molecule has 2 nitrogen and oxygen atoms in total. The van der Waals surface area contributed by atoms with Crippen LogP contribution in [0.5, 0.6) is 0 Å². The van der Waals surface area contributed by atoms with E-state index in [-0.39, 0.29) is 10.8 Å². The first-order valence-corrected chi connectivity index (χ1v) is 13.9. The molecule has 0 N–H and O–H groups in total. The van der Waals surface area contributed by atoms with Gasteiger partial charge in [0.15, 0.2) is 0 Å². The van der Waals surface area contributed by atoms with Crippen molar-refractivity contribution < 1.29 is 7.58 Å². The fourth-order valence-corrected chi connectivity index (χ4v) is 3.65. The summed E-state index contributed by atoms with van der Waals surface area (Å²) in [5.74, 6) is 10.9. The highest BCUT2D eigenvalue weighted by atomic mass is 27.2. The van der Waals surface area contributed by atoms with Gasteiger partial charge >= 0.3 is 29.0 Å². The van der Waals surface area contributed by atoms with Crippen LogP contribution in [0.2, 0.25) is 23.1 Å². The smallest absolute Gasteiger partial charge is 0.539 e. The lowest BCUT2D eigenvalue weighted by Gasteiger charge is -2.16. The third kappa shape index (κ3) is 22.4. The van der Waals surface area contributed by atoms with E-state index < -0.39 is 29.0 Å². The van der Waals surface area contributed by atoms with Gasteiger partial charge in [0.2, 0.25) is 0 Å². The molecule has 0 amide bonds. The summed E-state index contributed by atoms with van der Waals surface area (Å²) in [4.78, 5) is 0. The predicted molar refractivity (Wildman–Crippen MR) is 104 cm³/mol. The Kier molecular flexibility index (Phi) is 12.0. The van der Waals surface area contributed by atoms with Gasteiger partial charge in [-0.1, -0.05) is 64.7 Å². The molecule has 4 heteroatoms. The Hall–Kier alpha value is 0.145. The van der Waals surface area contributed by atoms with Gasteiger partial charge in [0.25, 0.3) is 0 Å². The van der Waals surface area contributed by atoms with E-state index in [1.807, 2.05) is 13.8 Å². The van der Waals surface area contributed by atoms with Crippen LogP contribution < -0.4 is 0 Å². The summed E-state index contributed by atoms with van der Waals surface area (Å²) in [6.45, 7) is 17.2. The van der Waals surface area contributed by atoms with Gasteiger partial charge in [-0.25, -0.2) is 0 Å². The number of allylic oxidation sites excluding steroid dienone is 4. The van der Waals surface area contributed by atoms with Crippen molar-refractivity contribution in [1.29, 1.82) is 0 Å². The molecule has 0 heterocycles. The number of hydrogen-bond acceptors (Lipinski definition) is 2. The topological polar surface area (TPSA) is 18.5 Å². The SMILES string of the molecule is C/C(=C/C(C)(C)C)[O][Al]([CH3])[CH3].C/C(=C/C(C)(C)C)[O][Al]([CH3])[CH3]. The van der Waals surface area contributed by atoms with Crippen molar-refractivity contribution in [2.24, 2.45) is 10.8 Å². The van der Waals surface area contributed by atoms with Crippen molar-refractivity contribution in [2.75, 3.05) is 0 Å². The number of hydrogen-bond donors (Lipinski definition) is 0. The summed E-state index contributed by atoms with van der Waals surface area (Å²) in [6, 6.07) is 0. The molecule has 0 aliphatic rings. The molecule has 0 fully saturated rings. The zero-order valence-electron chi connectivity index (χ0n) is 17.1. The summed E-state index contributed by atoms with van der Waals surface area (Å²) >= 11 is -1.77. The quantitative estimate of drug-likeness (QED) is 0.435. The average molecular weight is 340 g/mol. The largest absolute Gasteiger partial charge is 0.646 e. The number of rotatable bonds is 4. The van der Waals surface area contributed by atoms with Gasteiger partial charge in [-0.2, -0.15) is 0 Å². The Bertz CT molecular complexity index is 320. The first-order chi connectivity index (χ1) is 9.62. The van der Waals surface area contributed by atoms with Crippen LogP contribution >= 0.6 is 0 Å². The molecule has 0 spiro atoms. The van der Waals surface area contributed by atoms with Crippen molar-refractivity contribution in [3.8, 4) is 0 Å². The fraction of sp³-hybridized carbons (Fsp3) is 0.778. The van der Waals surface area contributed by atoms with Crippen molar-refractivity contribution in [1.82, 2.24) is 0 Å². The monoisotopic (exact) mass is 340 g/mol. The second-order valence-electron chi connectivity index (χ2n) is 8.58. The van der Waals surface area contributed by atoms with E-state index in [0.29, 0.717) is 0 Å². The maximum absolute atomic E-state index is 5.63. The van der Waals surface area contributed by atoms with Gasteiger partial charge < -0.3 is 7.58 Å². The lowest BCUT2D eigenvalue weighted by molar-refractivity contribution is 0.417. The van der Waals surface area contributed by atoms with Crippen molar-refractivity contribution in [2.45, 2.75) is 78.5 Å². The zero-order valence-corrected chi connectivity index (χ0v) is 19.4. The van der Waals surface area contributed by atoms with E-state index >= 15 is 0 Å². The summed E-state index contributed by atoms with van der Waals surface area (Å²) in [5, 5.41) is 0. The third-order valence-electron chi connectivity index (χ3n) is 2.12. The first kappa shape index (κ1) is 24.4. The molecule has 0 aromatic rings. The molecule has 0 aliphatic heterocycles. The Morgan fingerprint density at radius 1 is 0.636 bits per heavy atom. The van der Waals surface area contributed by atoms with E-state index in [1.165, 1.54) is 0 Å². The fourth-order valence-electron chi connectivity index (χ4n) is 2.03. The van der Waals surface area contributed by atoms with Gasteiger partial charge in [-0.05, 0) is 36.8 Å². The molecule has 0 aromatic heterocycles. The second kappa shape index (κ2) is 10.8. The van der Waals surface area contributed by atoms with Crippen LogP contribution in [0.3, 0.4) is 0 Å². The highest BCUT2D eigenvalue weighted by Crippen LogP contribution is 2.18. The van der Waals surface area contributed by atoms with Crippen LogP contribution in [-0.4, -0.2) is 29.0 Å². The standard InChI is InChI=1S/2C7H14O.4CH3.2Al/c2*1-6(8)5-7(2,3)4;;;;;;/h2*5,8H,1-4H3;4*1H3;;/q;;;;;;2*+1/p-2/b2*6-5-;;;;;;. The molecule has 0 aliphatic carbocycles. The Balaban J connectivity index is 0. The van der Waals surface area contributed by atoms with E-state index in [9.17, 15) is 0 Å². The van der Waals surface area contributed by atoms with E-state index in [2.05, 4.69) is 76.8 Å². The van der Waals surface area contributed by atoms with Crippen molar-refractivity contribution >= 4 is 29.0 Å². The van der Waals surface area contributed by atoms with Crippen molar-refractivity contribution in [3.63, 3.8) is 0 Å². The normalized spacial score (nSPS) is 13.1. The lowest BCUT2D eigenvalue weighted by Crippen LogP contribution is -2.08. The van der Waals surface area contributed by atoms with Gasteiger partial charge in [0, 0.05) is 11.5 Å². The predicted octanol–water partition coefficient (Wildman–Crippen LogP) is 6.41. The summed E-state index contributed by atoms with van der Waals surface area (Å²) in [5.41, 5.74) is 0.487. The molecule has 0 aromatic carbocycles. The zero-order chi connectivity index (χ0) is 18.1. The van der Waals surface area contributed by atoms with E-state index in [1.54, 1.807) is 0 Å². The van der Waals surface area contributed by atoms with Gasteiger partial charge in [-0.15, -0.1) is 0 Å². The molecule has 0 bridgehead atoms. The van der Waals surface area contributed by atoms with Gasteiger partial charge in [0.05, 0.1) is 0 Å². The molecule has 128 valence electrons. The van der Waals surface area contributed by atoms with Gasteiger partial charge in [-0.3, -0.25) is 0 Å². The van der Waals surface area contributed by atoms with Crippen LogP contribution in [0.25, 0.3) is 0 Å². The van der Waals surface area contributed by atoms with Crippen LogP contribution in [0.15, 0.2) is 23.7 Å². The van der Waals surface area contributed by atoms with Crippen LogP contribution in [0, 0.1) is 10.8 Å². The maximum Gasteiger partial charge on any atom is 0.539 e. The minimum atomic E-state index is -0.886. The van der Waals surface area contributed by atoms with Crippen LogP contribution in [-0.2, 0) is 7.58 Å². The summed E-state index contributed by atoms with van der Waals surface area (Å²) in [6.07, 6.45) is 4.36. The Morgan fingerprint density at radius 3 is 1.00 bits per heavy atom. The maximum atomic E-state index is 5.63. The lowest BCUT2D eigenvalue weighted by atomic mass is 9.96. The molecular formula is C18H38Al2O2. The molecular weight excluding hydrogens is 302 g/mol. The van der Waals surface area contributed by atoms with Crippen molar-refractivity contribution in [3.05, 3.63) is 23.7 Å². The molecule has 0 rings (SSSR count). The molecule has 0 saturated heterocycles. The third-order valence-corrected chi connectivity index (χ3v) is 3.80. The Labute approximate surface area is 149 Å². The first-order valence-electron chi connectivity index (χ1n) is 8.34. The van der Waals surface area contributed by atoms with E-state index in [4.69, 9.17) is 7.58 Å². The molecule has 0 saturated carbocycles.